The van der Waals surface area contributed by atoms with Gasteiger partial charge in [0.1, 0.15) is 0 Å². The Balaban J connectivity index is 2.50. The molecule has 64 valence electrons. The SMILES string of the molecule is O=C1CC(O)C(CO)CCN1. The smallest absolute Gasteiger partial charge is 0.222 e. The van der Waals surface area contributed by atoms with E-state index in [1.54, 1.807) is 0 Å². The van der Waals surface area contributed by atoms with Crippen molar-refractivity contribution in [1.29, 1.82) is 0 Å². The summed E-state index contributed by atoms with van der Waals surface area (Å²) in [6.45, 7) is 0.511. The number of hydrogen-bond donors (Lipinski definition) is 3. The lowest BCUT2D eigenvalue weighted by Gasteiger charge is -2.15. The number of rotatable bonds is 1. The Morgan fingerprint density at radius 2 is 2.36 bits per heavy atom. The number of aliphatic hydroxyl groups is 2. The van der Waals surface area contributed by atoms with Gasteiger partial charge in [-0.15, -0.1) is 0 Å². The van der Waals surface area contributed by atoms with E-state index in [9.17, 15) is 9.90 Å². The molecule has 0 aromatic carbocycles. The van der Waals surface area contributed by atoms with E-state index >= 15 is 0 Å². The maximum Gasteiger partial charge on any atom is 0.222 e. The van der Waals surface area contributed by atoms with Crippen LogP contribution in [0.1, 0.15) is 12.8 Å². The van der Waals surface area contributed by atoms with E-state index in [0.29, 0.717) is 13.0 Å². The number of hydrogen-bond acceptors (Lipinski definition) is 3. The van der Waals surface area contributed by atoms with Crippen LogP contribution in [0.25, 0.3) is 0 Å². The molecule has 1 aliphatic heterocycles. The summed E-state index contributed by atoms with van der Waals surface area (Å²) in [6, 6.07) is 0. The lowest BCUT2D eigenvalue weighted by atomic mass is 9.99. The van der Waals surface area contributed by atoms with Gasteiger partial charge in [0.05, 0.1) is 12.5 Å². The second-order valence-electron chi connectivity index (χ2n) is 2.85. The Bertz CT molecular complexity index is 149. The van der Waals surface area contributed by atoms with Gasteiger partial charge in [-0.05, 0) is 6.42 Å². The third kappa shape index (κ3) is 2.17. The lowest BCUT2D eigenvalue weighted by Crippen LogP contribution is -2.25. The highest BCUT2D eigenvalue weighted by molar-refractivity contribution is 5.76. The topological polar surface area (TPSA) is 69.6 Å². The predicted molar refractivity (Wildman–Crippen MR) is 38.8 cm³/mol. The zero-order chi connectivity index (χ0) is 8.27. The maximum atomic E-state index is 10.8. The van der Waals surface area contributed by atoms with Crippen LogP contribution in [0.5, 0.6) is 0 Å². The van der Waals surface area contributed by atoms with Crippen molar-refractivity contribution < 1.29 is 15.0 Å². The Labute approximate surface area is 65.2 Å². The van der Waals surface area contributed by atoms with Gasteiger partial charge in [-0.2, -0.15) is 0 Å². The van der Waals surface area contributed by atoms with E-state index in [-0.39, 0.29) is 24.9 Å². The highest BCUT2D eigenvalue weighted by atomic mass is 16.3. The minimum absolute atomic E-state index is 0.0455. The van der Waals surface area contributed by atoms with Gasteiger partial charge in [-0.25, -0.2) is 0 Å². The highest BCUT2D eigenvalue weighted by Gasteiger charge is 2.24. The lowest BCUT2D eigenvalue weighted by molar-refractivity contribution is -0.122. The molecular formula is C7H13NO3. The van der Waals surface area contributed by atoms with Gasteiger partial charge >= 0.3 is 0 Å². The summed E-state index contributed by atoms with van der Waals surface area (Å²) < 4.78 is 0. The molecule has 1 aliphatic rings. The first-order chi connectivity index (χ1) is 5.24. The number of carbonyl (C=O) groups excluding carboxylic acids is 1. The fourth-order valence-corrected chi connectivity index (χ4v) is 1.23. The molecule has 1 amide bonds. The standard InChI is InChI=1S/C7H13NO3/c9-4-5-1-2-8-7(11)3-6(5)10/h5-6,9-10H,1-4H2,(H,8,11). The fourth-order valence-electron chi connectivity index (χ4n) is 1.23. The summed E-state index contributed by atoms with van der Waals surface area (Å²) >= 11 is 0. The first-order valence-electron chi connectivity index (χ1n) is 3.79. The molecule has 0 aliphatic carbocycles. The molecule has 2 unspecified atom stereocenters. The molecule has 11 heavy (non-hydrogen) atoms. The number of carbonyl (C=O) groups is 1. The molecule has 1 heterocycles. The molecule has 2 atom stereocenters. The summed E-state index contributed by atoms with van der Waals surface area (Å²) in [5, 5.41) is 20.7. The van der Waals surface area contributed by atoms with Crippen LogP contribution >= 0.6 is 0 Å². The van der Waals surface area contributed by atoms with Crippen LogP contribution in [0.15, 0.2) is 0 Å². The monoisotopic (exact) mass is 159 g/mol. The molecule has 1 rings (SSSR count). The second-order valence-corrected chi connectivity index (χ2v) is 2.85. The summed E-state index contributed by atoms with van der Waals surface area (Å²) in [4.78, 5) is 10.8. The van der Waals surface area contributed by atoms with E-state index in [4.69, 9.17) is 5.11 Å². The average Bonchev–Trinajstić information content (AvgIpc) is 2.11. The van der Waals surface area contributed by atoms with Gasteiger partial charge in [0, 0.05) is 19.1 Å². The normalized spacial score (nSPS) is 32.7. The van der Waals surface area contributed by atoms with Gasteiger partial charge in [-0.3, -0.25) is 4.79 Å². The molecule has 4 heteroatoms. The Kier molecular flexibility index (Phi) is 2.84. The van der Waals surface area contributed by atoms with E-state index < -0.39 is 6.10 Å². The van der Waals surface area contributed by atoms with Crippen molar-refractivity contribution in [2.45, 2.75) is 18.9 Å². The van der Waals surface area contributed by atoms with Crippen LogP contribution in [0.3, 0.4) is 0 Å². The van der Waals surface area contributed by atoms with Crippen LogP contribution in [0.2, 0.25) is 0 Å². The fraction of sp³-hybridized carbons (Fsp3) is 0.857. The summed E-state index contributed by atoms with van der Waals surface area (Å²) in [5.41, 5.74) is 0. The van der Waals surface area contributed by atoms with Crippen molar-refractivity contribution in [3.05, 3.63) is 0 Å². The molecule has 1 fully saturated rings. The van der Waals surface area contributed by atoms with E-state index in [0.717, 1.165) is 0 Å². The molecule has 0 bridgehead atoms. The van der Waals surface area contributed by atoms with Crippen molar-refractivity contribution in [2.75, 3.05) is 13.2 Å². The molecule has 3 N–H and O–H groups in total. The third-order valence-corrected chi connectivity index (χ3v) is 2.01. The minimum atomic E-state index is -0.678. The molecule has 1 saturated heterocycles. The molecule has 0 aromatic rings. The average molecular weight is 159 g/mol. The predicted octanol–water partition coefficient (Wildman–Crippen LogP) is -1.13. The third-order valence-electron chi connectivity index (χ3n) is 2.01. The summed E-state index contributed by atoms with van der Waals surface area (Å²) in [6.07, 6.45) is 0.0942. The molecule has 0 aromatic heterocycles. The number of nitrogens with one attached hydrogen (secondary N) is 1. The van der Waals surface area contributed by atoms with Crippen molar-refractivity contribution in [1.82, 2.24) is 5.32 Å². The molecule has 4 nitrogen and oxygen atoms in total. The minimum Gasteiger partial charge on any atom is -0.396 e. The zero-order valence-electron chi connectivity index (χ0n) is 6.29. The van der Waals surface area contributed by atoms with E-state index in [1.807, 2.05) is 0 Å². The largest absolute Gasteiger partial charge is 0.396 e. The van der Waals surface area contributed by atoms with Crippen molar-refractivity contribution in [2.24, 2.45) is 5.92 Å². The van der Waals surface area contributed by atoms with Crippen molar-refractivity contribution in [3.63, 3.8) is 0 Å². The Hall–Kier alpha value is -0.610. The zero-order valence-corrected chi connectivity index (χ0v) is 6.29. The van der Waals surface area contributed by atoms with Gasteiger partial charge in [0.15, 0.2) is 0 Å². The van der Waals surface area contributed by atoms with Crippen LogP contribution in [-0.4, -0.2) is 35.4 Å². The van der Waals surface area contributed by atoms with Crippen LogP contribution < -0.4 is 5.32 Å². The van der Waals surface area contributed by atoms with E-state index in [1.165, 1.54) is 0 Å². The number of aliphatic hydroxyl groups excluding tert-OH is 2. The van der Waals surface area contributed by atoms with Crippen molar-refractivity contribution in [3.8, 4) is 0 Å². The summed E-state index contributed by atoms with van der Waals surface area (Å²) in [7, 11) is 0. The highest BCUT2D eigenvalue weighted by Crippen LogP contribution is 2.13. The molecule has 0 saturated carbocycles. The van der Waals surface area contributed by atoms with Crippen LogP contribution in [-0.2, 0) is 4.79 Å². The van der Waals surface area contributed by atoms with Crippen molar-refractivity contribution >= 4 is 5.91 Å². The summed E-state index contributed by atoms with van der Waals surface area (Å²) in [5.74, 6) is -0.276. The molecular weight excluding hydrogens is 146 g/mol. The van der Waals surface area contributed by atoms with Crippen LogP contribution in [0, 0.1) is 5.92 Å². The number of amides is 1. The first-order valence-corrected chi connectivity index (χ1v) is 3.79. The van der Waals surface area contributed by atoms with Gasteiger partial charge in [0.2, 0.25) is 5.91 Å². The van der Waals surface area contributed by atoms with Gasteiger partial charge < -0.3 is 15.5 Å². The maximum absolute atomic E-state index is 10.8. The molecule has 0 radical (unpaired) electrons. The van der Waals surface area contributed by atoms with Crippen LogP contribution in [0.4, 0.5) is 0 Å². The van der Waals surface area contributed by atoms with Gasteiger partial charge in [-0.1, -0.05) is 0 Å². The first kappa shape index (κ1) is 8.49. The van der Waals surface area contributed by atoms with E-state index in [2.05, 4.69) is 5.32 Å². The second kappa shape index (κ2) is 3.69. The Morgan fingerprint density at radius 3 is 3.00 bits per heavy atom. The molecule has 0 spiro atoms. The van der Waals surface area contributed by atoms with Gasteiger partial charge in [0.25, 0.3) is 0 Å². The Morgan fingerprint density at radius 1 is 1.64 bits per heavy atom. The quantitative estimate of drug-likeness (QED) is 0.453.